The minimum atomic E-state index is 0.0791. The lowest BCUT2D eigenvalue weighted by molar-refractivity contribution is -0.116. The van der Waals surface area contributed by atoms with Gasteiger partial charge in [-0.25, -0.2) is 0 Å². The van der Waals surface area contributed by atoms with Crippen LogP contribution in [0.5, 0.6) is 0 Å². The second-order valence-corrected chi connectivity index (χ2v) is 2.42. The summed E-state index contributed by atoms with van der Waals surface area (Å²) in [5.41, 5.74) is 6.81. The molecule has 0 bridgehead atoms. The highest BCUT2D eigenvalue weighted by Crippen LogP contribution is 2.07. The molecule has 0 saturated heterocycles. The Balaban J connectivity index is 2.86. The van der Waals surface area contributed by atoms with Crippen molar-refractivity contribution >= 4 is 11.5 Å². The molecule has 1 aromatic rings. The molecule has 0 atom stereocenters. The highest BCUT2D eigenvalue weighted by Gasteiger charge is 2.01. The Morgan fingerprint density at radius 2 is 2.45 bits per heavy atom. The Hall–Kier alpha value is -1.38. The first-order valence-electron chi connectivity index (χ1n) is 3.39. The van der Waals surface area contributed by atoms with Gasteiger partial charge in [0.2, 0.25) is 0 Å². The molecule has 1 heterocycles. The number of rotatable bonds is 2. The lowest BCUT2D eigenvalue weighted by Gasteiger charge is -1.99. The summed E-state index contributed by atoms with van der Waals surface area (Å²) in [7, 11) is 0. The van der Waals surface area contributed by atoms with Crippen molar-refractivity contribution in [1.29, 1.82) is 0 Å². The topological polar surface area (TPSA) is 56.0 Å². The van der Waals surface area contributed by atoms with E-state index in [0.717, 1.165) is 0 Å². The molecule has 0 aliphatic rings. The summed E-state index contributed by atoms with van der Waals surface area (Å²) in [5, 5.41) is 0. The van der Waals surface area contributed by atoms with Gasteiger partial charge >= 0.3 is 0 Å². The minimum absolute atomic E-state index is 0.0791. The van der Waals surface area contributed by atoms with E-state index in [-0.39, 0.29) is 5.78 Å². The SMILES string of the molecule is CC(=O)Cc1ncccc1N. The third-order valence-electron chi connectivity index (χ3n) is 1.34. The van der Waals surface area contributed by atoms with E-state index in [9.17, 15) is 4.79 Å². The molecule has 0 aliphatic carbocycles. The van der Waals surface area contributed by atoms with E-state index in [2.05, 4.69) is 4.98 Å². The van der Waals surface area contributed by atoms with Crippen LogP contribution < -0.4 is 5.73 Å². The van der Waals surface area contributed by atoms with Gasteiger partial charge < -0.3 is 5.73 Å². The predicted octanol–water partition coefficient (Wildman–Crippen LogP) is 0.795. The van der Waals surface area contributed by atoms with Crippen LogP contribution in [0.1, 0.15) is 12.6 Å². The Morgan fingerprint density at radius 1 is 1.73 bits per heavy atom. The van der Waals surface area contributed by atoms with Crippen LogP contribution in [-0.2, 0) is 11.2 Å². The summed E-state index contributed by atoms with van der Waals surface area (Å²) in [6, 6.07) is 3.49. The number of carbonyl (C=O) groups excluding carboxylic acids is 1. The van der Waals surface area contributed by atoms with Crippen LogP contribution in [0.15, 0.2) is 18.3 Å². The third-order valence-corrected chi connectivity index (χ3v) is 1.34. The van der Waals surface area contributed by atoms with E-state index >= 15 is 0 Å². The average molecular weight is 150 g/mol. The van der Waals surface area contributed by atoms with Crippen molar-refractivity contribution in [2.45, 2.75) is 13.3 Å². The summed E-state index contributed by atoms with van der Waals surface area (Å²) in [5.74, 6) is 0.0791. The number of anilines is 1. The molecule has 0 aromatic carbocycles. The van der Waals surface area contributed by atoms with Gasteiger partial charge in [-0.15, -0.1) is 0 Å². The number of ketones is 1. The first kappa shape index (κ1) is 7.72. The zero-order chi connectivity index (χ0) is 8.27. The molecular formula is C8H10N2O. The number of nitrogen functional groups attached to an aromatic ring is 1. The van der Waals surface area contributed by atoms with Crippen LogP contribution in [0.25, 0.3) is 0 Å². The highest BCUT2D eigenvalue weighted by molar-refractivity contribution is 5.79. The number of nitrogens with two attached hydrogens (primary N) is 1. The van der Waals surface area contributed by atoms with Gasteiger partial charge in [0.15, 0.2) is 0 Å². The van der Waals surface area contributed by atoms with Crippen LogP contribution in [0.4, 0.5) is 5.69 Å². The maximum Gasteiger partial charge on any atom is 0.135 e. The van der Waals surface area contributed by atoms with E-state index in [1.54, 1.807) is 18.3 Å². The number of hydrogen-bond acceptors (Lipinski definition) is 3. The van der Waals surface area contributed by atoms with Gasteiger partial charge in [-0.1, -0.05) is 0 Å². The Bertz CT molecular complexity index is 271. The van der Waals surface area contributed by atoms with Crippen LogP contribution in [0, 0.1) is 0 Å². The second kappa shape index (κ2) is 3.14. The quantitative estimate of drug-likeness (QED) is 0.678. The fourth-order valence-corrected chi connectivity index (χ4v) is 0.834. The first-order chi connectivity index (χ1) is 5.20. The molecule has 0 saturated carbocycles. The molecule has 0 aliphatic heterocycles. The Labute approximate surface area is 65.2 Å². The molecule has 1 rings (SSSR count). The van der Waals surface area contributed by atoms with E-state index in [1.807, 2.05) is 0 Å². The summed E-state index contributed by atoms with van der Waals surface area (Å²) in [6.07, 6.45) is 1.96. The number of aromatic nitrogens is 1. The summed E-state index contributed by atoms with van der Waals surface area (Å²) in [6.45, 7) is 1.52. The van der Waals surface area contributed by atoms with Crippen LogP contribution >= 0.6 is 0 Å². The zero-order valence-electron chi connectivity index (χ0n) is 6.37. The number of Topliss-reactive ketones (excluding diaryl/α,β-unsaturated/α-hetero) is 1. The monoisotopic (exact) mass is 150 g/mol. The van der Waals surface area contributed by atoms with Gasteiger partial charge in [-0.2, -0.15) is 0 Å². The maximum atomic E-state index is 10.7. The lowest BCUT2D eigenvalue weighted by Crippen LogP contribution is -2.02. The van der Waals surface area contributed by atoms with Crippen LogP contribution in [0.2, 0.25) is 0 Å². The molecule has 11 heavy (non-hydrogen) atoms. The summed E-state index contributed by atoms with van der Waals surface area (Å²) in [4.78, 5) is 14.6. The first-order valence-corrected chi connectivity index (χ1v) is 3.39. The van der Waals surface area contributed by atoms with Gasteiger partial charge in [0.1, 0.15) is 5.78 Å². The molecule has 1 aromatic heterocycles. The number of hydrogen-bond donors (Lipinski definition) is 1. The van der Waals surface area contributed by atoms with Crippen molar-refractivity contribution in [1.82, 2.24) is 4.98 Å². The van der Waals surface area contributed by atoms with Crippen molar-refractivity contribution in [2.24, 2.45) is 0 Å². The molecule has 0 unspecified atom stereocenters. The molecule has 58 valence electrons. The highest BCUT2D eigenvalue weighted by atomic mass is 16.1. The van der Waals surface area contributed by atoms with E-state index in [4.69, 9.17) is 5.73 Å². The molecule has 0 radical (unpaired) electrons. The van der Waals surface area contributed by atoms with Gasteiger partial charge in [0.05, 0.1) is 17.8 Å². The van der Waals surface area contributed by atoms with Crippen molar-refractivity contribution in [3.05, 3.63) is 24.0 Å². The average Bonchev–Trinajstić information content (AvgIpc) is 1.93. The fourth-order valence-electron chi connectivity index (χ4n) is 0.834. The normalized spacial score (nSPS) is 9.55. The number of nitrogens with zero attached hydrogens (tertiary/aromatic N) is 1. The van der Waals surface area contributed by atoms with Gasteiger partial charge in [-0.05, 0) is 19.1 Å². The van der Waals surface area contributed by atoms with Crippen molar-refractivity contribution < 1.29 is 4.79 Å². The van der Waals surface area contributed by atoms with Crippen molar-refractivity contribution in [3.8, 4) is 0 Å². The van der Waals surface area contributed by atoms with Gasteiger partial charge in [0, 0.05) is 6.20 Å². The Morgan fingerprint density at radius 3 is 3.00 bits per heavy atom. The van der Waals surface area contributed by atoms with E-state index < -0.39 is 0 Å². The van der Waals surface area contributed by atoms with Gasteiger partial charge in [-0.3, -0.25) is 9.78 Å². The van der Waals surface area contributed by atoms with Crippen LogP contribution in [0.3, 0.4) is 0 Å². The maximum absolute atomic E-state index is 10.7. The smallest absolute Gasteiger partial charge is 0.135 e. The Kier molecular flexibility index (Phi) is 2.21. The van der Waals surface area contributed by atoms with Crippen LogP contribution in [-0.4, -0.2) is 10.8 Å². The molecule has 3 heteroatoms. The van der Waals surface area contributed by atoms with E-state index in [0.29, 0.717) is 17.8 Å². The van der Waals surface area contributed by atoms with E-state index in [1.165, 1.54) is 6.92 Å². The molecule has 0 spiro atoms. The predicted molar refractivity (Wildman–Crippen MR) is 43.0 cm³/mol. The molecule has 3 nitrogen and oxygen atoms in total. The second-order valence-electron chi connectivity index (χ2n) is 2.42. The minimum Gasteiger partial charge on any atom is -0.397 e. The molecule has 2 N–H and O–H groups in total. The largest absolute Gasteiger partial charge is 0.397 e. The lowest BCUT2D eigenvalue weighted by atomic mass is 10.2. The molecule has 0 fully saturated rings. The summed E-state index contributed by atoms with van der Waals surface area (Å²) >= 11 is 0. The standard InChI is InChI=1S/C8H10N2O/c1-6(11)5-8-7(9)3-2-4-10-8/h2-4H,5,9H2,1H3. The van der Waals surface area contributed by atoms with Gasteiger partial charge in [0.25, 0.3) is 0 Å². The third kappa shape index (κ3) is 2.04. The number of carbonyl (C=O) groups is 1. The fraction of sp³-hybridized carbons (Fsp3) is 0.250. The molecular weight excluding hydrogens is 140 g/mol. The van der Waals surface area contributed by atoms with Crippen molar-refractivity contribution in [2.75, 3.05) is 5.73 Å². The summed E-state index contributed by atoms with van der Waals surface area (Å²) < 4.78 is 0. The number of pyridine rings is 1. The van der Waals surface area contributed by atoms with Crippen molar-refractivity contribution in [3.63, 3.8) is 0 Å². The zero-order valence-corrected chi connectivity index (χ0v) is 6.37. The molecule has 0 amide bonds.